The summed E-state index contributed by atoms with van der Waals surface area (Å²) >= 11 is 0. The smallest absolute Gasteiger partial charge is 0.309 e. The van der Waals surface area contributed by atoms with Crippen molar-refractivity contribution in [3.63, 3.8) is 0 Å². The molecule has 6 nitrogen and oxygen atoms in total. The monoisotopic (exact) mass is 233 g/mol. The number of hydrogen-bond acceptors (Lipinski definition) is 4. The van der Waals surface area contributed by atoms with E-state index in [2.05, 4.69) is 0 Å². The van der Waals surface area contributed by atoms with Gasteiger partial charge in [0.2, 0.25) is 5.91 Å². The summed E-state index contributed by atoms with van der Waals surface area (Å²) in [5.41, 5.74) is -1.14. The largest absolute Gasteiger partial charge is 0.481 e. The number of aliphatic carboxylic acids is 1. The van der Waals surface area contributed by atoms with E-state index in [1.54, 1.807) is 0 Å². The van der Waals surface area contributed by atoms with E-state index >= 15 is 0 Å². The van der Waals surface area contributed by atoms with Crippen molar-refractivity contribution >= 4 is 11.9 Å². The topological polar surface area (TPSA) is 98.1 Å². The molecule has 16 heavy (non-hydrogen) atoms. The van der Waals surface area contributed by atoms with Gasteiger partial charge in [-0.05, 0) is 13.8 Å². The van der Waals surface area contributed by atoms with Gasteiger partial charge in [-0.1, -0.05) is 0 Å². The fourth-order valence-electron chi connectivity index (χ4n) is 1.17. The van der Waals surface area contributed by atoms with Crippen molar-refractivity contribution < 1.29 is 24.9 Å². The summed E-state index contributed by atoms with van der Waals surface area (Å²) in [6, 6.07) is 0. The Labute approximate surface area is 94.5 Å². The van der Waals surface area contributed by atoms with Gasteiger partial charge in [-0.2, -0.15) is 0 Å². The number of amides is 1. The second-order valence-corrected chi connectivity index (χ2v) is 4.19. The lowest BCUT2D eigenvalue weighted by Crippen LogP contribution is -2.39. The molecule has 0 radical (unpaired) electrons. The zero-order valence-corrected chi connectivity index (χ0v) is 9.64. The van der Waals surface area contributed by atoms with Gasteiger partial charge in [0.15, 0.2) is 0 Å². The van der Waals surface area contributed by atoms with Gasteiger partial charge in [0.1, 0.15) is 0 Å². The fourth-order valence-corrected chi connectivity index (χ4v) is 1.17. The quantitative estimate of drug-likeness (QED) is 0.540. The molecule has 0 fully saturated rings. The number of rotatable bonds is 7. The van der Waals surface area contributed by atoms with E-state index in [4.69, 9.17) is 15.3 Å². The maximum absolute atomic E-state index is 11.7. The van der Waals surface area contributed by atoms with Crippen molar-refractivity contribution in [1.82, 2.24) is 4.90 Å². The Morgan fingerprint density at radius 2 is 1.56 bits per heavy atom. The molecule has 0 spiro atoms. The summed E-state index contributed by atoms with van der Waals surface area (Å²) in [5, 5.41) is 26.3. The maximum Gasteiger partial charge on any atom is 0.309 e. The summed E-state index contributed by atoms with van der Waals surface area (Å²) in [4.78, 5) is 23.8. The molecule has 3 N–H and O–H groups in total. The molecular formula is C10H19NO5. The van der Waals surface area contributed by atoms with E-state index in [0.29, 0.717) is 0 Å². The van der Waals surface area contributed by atoms with Crippen molar-refractivity contribution in [1.29, 1.82) is 0 Å². The van der Waals surface area contributed by atoms with Crippen LogP contribution in [0.25, 0.3) is 0 Å². The Bertz CT molecular complexity index is 246. The first kappa shape index (κ1) is 14.9. The SMILES string of the molecule is CC(C)(CC(=O)N(CCO)CCO)C(=O)O. The second-order valence-electron chi connectivity index (χ2n) is 4.19. The molecule has 0 aliphatic rings. The summed E-state index contributed by atoms with van der Waals surface area (Å²) < 4.78 is 0. The summed E-state index contributed by atoms with van der Waals surface area (Å²) in [6.45, 7) is 2.72. The Morgan fingerprint density at radius 3 is 1.88 bits per heavy atom. The normalized spacial score (nSPS) is 11.2. The van der Waals surface area contributed by atoms with Crippen molar-refractivity contribution in [3.05, 3.63) is 0 Å². The molecule has 0 aliphatic carbocycles. The van der Waals surface area contributed by atoms with Gasteiger partial charge >= 0.3 is 5.97 Å². The highest BCUT2D eigenvalue weighted by molar-refractivity contribution is 5.84. The third kappa shape index (κ3) is 4.59. The number of carbonyl (C=O) groups is 2. The van der Waals surface area contributed by atoms with Crippen LogP contribution in [0.5, 0.6) is 0 Å². The van der Waals surface area contributed by atoms with Crippen molar-refractivity contribution in [3.8, 4) is 0 Å². The molecule has 0 aromatic heterocycles. The van der Waals surface area contributed by atoms with Gasteiger partial charge in [-0.25, -0.2) is 0 Å². The minimum absolute atomic E-state index is 0.106. The number of hydrogen-bond donors (Lipinski definition) is 3. The molecule has 0 saturated heterocycles. The van der Waals surface area contributed by atoms with E-state index in [1.807, 2.05) is 0 Å². The minimum Gasteiger partial charge on any atom is -0.481 e. The zero-order valence-electron chi connectivity index (χ0n) is 9.64. The van der Waals surface area contributed by atoms with Crippen LogP contribution in [0.3, 0.4) is 0 Å². The molecule has 0 bridgehead atoms. The van der Waals surface area contributed by atoms with Gasteiger partial charge in [-0.3, -0.25) is 9.59 Å². The van der Waals surface area contributed by atoms with Crippen LogP contribution in [0.1, 0.15) is 20.3 Å². The third-order valence-electron chi connectivity index (χ3n) is 2.26. The van der Waals surface area contributed by atoms with Gasteiger partial charge < -0.3 is 20.2 Å². The van der Waals surface area contributed by atoms with Crippen LogP contribution in [0.15, 0.2) is 0 Å². The summed E-state index contributed by atoms with van der Waals surface area (Å²) in [7, 11) is 0. The maximum atomic E-state index is 11.7. The molecule has 0 aromatic carbocycles. The standard InChI is InChI=1S/C10H19NO5/c1-10(2,9(15)16)7-8(14)11(3-5-12)4-6-13/h12-13H,3-7H2,1-2H3,(H,15,16). The summed E-state index contributed by atoms with van der Waals surface area (Å²) in [6.07, 6.45) is -0.150. The molecule has 0 rings (SSSR count). The number of carboxylic acid groups (broad SMARTS) is 1. The van der Waals surface area contributed by atoms with Gasteiger partial charge in [-0.15, -0.1) is 0 Å². The number of aliphatic hydroxyl groups excluding tert-OH is 2. The van der Waals surface area contributed by atoms with Gasteiger partial charge in [0.25, 0.3) is 0 Å². The lowest BCUT2D eigenvalue weighted by molar-refractivity contribution is -0.151. The average Bonchev–Trinajstić information content (AvgIpc) is 2.16. The molecule has 0 heterocycles. The van der Waals surface area contributed by atoms with Crippen molar-refractivity contribution in [2.24, 2.45) is 5.41 Å². The summed E-state index contributed by atoms with van der Waals surface area (Å²) in [5.74, 6) is -1.43. The Balaban J connectivity index is 4.45. The van der Waals surface area contributed by atoms with Crippen LogP contribution in [-0.2, 0) is 9.59 Å². The lowest BCUT2D eigenvalue weighted by Gasteiger charge is -2.25. The van der Waals surface area contributed by atoms with E-state index in [9.17, 15) is 9.59 Å². The lowest BCUT2D eigenvalue weighted by atomic mass is 9.89. The molecule has 0 atom stereocenters. The van der Waals surface area contributed by atoms with Gasteiger partial charge in [0, 0.05) is 19.5 Å². The van der Waals surface area contributed by atoms with Crippen LogP contribution in [-0.4, -0.2) is 58.4 Å². The Hall–Kier alpha value is -1.14. The molecule has 0 unspecified atom stereocenters. The van der Waals surface area contributed by atoms with Crippen LogP contribution >= 0.6 is 0 Å². The molecule has 0 saturated carbocycles. The highest BCUT2D eigenvalue weighted by atomic mass is 16.4. The number of carbonyl (C=O) groups excluding carboxylic acids is 1. The minimum atomic E-state index is -1.14. The first-order chi connectivity index (χ1) is 7.35. The molecule has 0 aliphatic heterocycles. The Kier molecular flexibility index (Phi) is 5.98. The molecule has 0 aromatic rings. The van der Waals surface area contributed by atoms with E-state index in [0.717, 1.165) is 0 Å². The number of carboxylic acids is 1. The predicted octanol–water partition coefficient (Wildman–Crippen LogP) is -0.699. The molecule has 6 heteroatoms. The second kappa shape index (κ2) is 6.44. The average molecular weight is 233 g/mol. The first-order valence-corrected chi connectivity index (χ1v) is 5.08. The van der Waals surface area contributed by atoms with E-state index < -0.39 is 11.4 Å². The molecule has 1 amide bonds. The fraction of sp³-hybridized carbons (Fsp3) is 0.800. The zero-order chi connectivity index (χ0) is 12.8. The van der Waals surface area contributed by atoms with Crippen molar-refractivity contribution in [2.45, 2.75) is 20.3 Å². The highest BCUT2D eigenvalue weighted by Crippen LogP contribution is 2.21. The van der Waals surface area contributed by atoms with Crippen LogP contribution in [0, 0.1) is 5.41 Å². The van der Waals surface area contributed by atoms with Crippen molar-refractivity contribution in [2.75, 3.05) is 26.3 Å². The Morgan fingerprint density at radius 1 is 1.12 bits per heavy atom. The third-order valence-corrected chi connectivity index (χ3v) is 2.26. The number of aliphatic hydroxyl groups is 2. The van der Waals surface area contributed by atoms with Crippen LogP contribution < -0.4 is 0 Å². The van der Waals surface area contributed by atoms with Crippen LogP contribution in [0.4, 0.5) is 0 Å². The molecular weight excluding hydrogens is 214 g/mol. The van der Waals surface area contributed by atoms with E-state index in [-0.39, 0.29) is 38.6 Å². The number of nitrogens with zero attached hydrogens (tertiary/aromatic N) is 1. The highest BCUT2D eigenvalue weighted by Gasteiger charge is 2.31. The first-order valence-electron chi connectivity index (χ1n) is 5.08. The van der Waals surface area contributed by atoms with Gasteiger partial charge in [0.05, 0.1) is 18.6 Å². The predicted molar refractivity (Wildman–Crippen MR) is 56.8 cm³/mol. The van der Waals surface area contributed by atoms with E-state index in [1.165, 1.54) is 18.7 Å². The molecule has 94 valence electrons. The van der Waals surface area contributed by atoms with Crippen LogP contribution in [0.2, 0.25) is 0 Å².